The van der Waals surface area contributed by atoms with E-state index in [0.717, 1.165) is 51.4 Å². The minimum Gasteiger partial charge on any atom is -0.349 e. The van der Waals surface area contributed by atoms with Crippen LogP contribution in [0, 0.1) is 0 Å². The maximum absolute atomic E-state index is 13.5. The summed E-state index contributed by atoms with van der Waals surface area (Å²) in [4.78, 5) is 26.8. The Labute approximate surface area is 208 Å². The quantitative estimate of drug-likeness (QED) is 0.589. The Kier molecular flexibility index (Phi) is 8.44. The van der Waals surface area contributed by atoms with Crippen LogP contribution in [0.4, 0.5) is 0 Å². The van der Waals surface area contributed by atoms with E-state index in [4.69, 9.17) is 0 Å². The Balaban J connectivity index is 1.72. The molecule has 0 radical (unpaired) electrons. The molecular formula is C27H37N3O4S. The van der Waals surface area contributed by atoms with Crippen molar-refractivity contribution in [2.45, 2.75) is 88.1 Å². The zero-order chi connectivity index (χ0) is 24.8. The SMILES string of the molecule is C=CCn1cc(C(=O)NC2CCCCCCC2)c(=O)c2cc(S(=O)(=O)N3CCCCCC3)ccc21. The number of rotatable bonds is 6. The third-order valence-corrected chi connectivity index (χ3v) is 9.16. The number of amides is 1. The van der Waals surface area contributed by atoms with Gasteiger partial charge in [0, 0.05) is 37.3 Å². The molecule has 7 nitrogen and oxygen atoms in total. The molecule has 190 valence electrons. The first-order valence-electron chi connectivity index (χ1n) is 13.0. The fraction of sp³-hybridized carbons (Fsp3) is 0.556. The third kappa shape index (κ3) is 5.86. The molecule has 0 atom stereocenters. The molecule has 8 heteroatoms. The number of aromatic nitrogens is 1. The molecule has 2 aliphatic rings. The minimum atomic E-state index is -3.72. The lowest BCUT2D eigenvalue weighted by Crippen LogP contribution is -2.38. The van der Waals surface area contributed by atoms with E-state index < -0.39 is 15.5 Å². The van der Waals surface area contributed by atoms with Gasteiger partial charge < -0.3 is 9.88 Å². The molecular weight excluding hydrogens is 462 g/mol. The summed E-state index contributed by atoms with van der Waals surface area (Å²) >= 11 is 0. The summed E-state index contributed by atoms with van der Waals surface area (Å²) in [7, 11) is -3.72. The zero-order valence-corrected chi connectivity index (χ0v) is 21.3. The molecule has 1 aliphatic carbocycles. The summed E-state index contributed by atoms with van der Waals surface area (Å²) in [6.45, 7) is 5.18. The number of hydrogen-bond acceptors (Lipinski definition) is 4. The lowest BCUT2D eigenvalue weighted by atomic mass is 9.96. The lowest BCUT2D eigenvalue weighted by Gasteiger charge is -2.22. The molecule has 1 aromatic heterocycles. The molecule has 2 fully saturated rings. The molecule has 35 heavy (non-hydrogen) atoms. The zero-order valence-electron chi connectivity index (χ0n) is 20.5. The van der Waals surface area contributed by atoms with Gasteiger partial charge in [0.2, 0.25) is 15.5 Å². The summed E-state index contributed by atoms with van der Waals surface area (Å²) in [6, 6.07) is 4.74. The largest absolute Gasteiger partial charge is 0.349 e. The van der Waals surface area contributed by atoms with Gasteiger partial charge in [-0.3, -0.25) is 9.59 Å². The normalized spacial score (nSPS) is 19.0. The number of sulfonamides is 1. The Bertz CT molecular complexity index is 1220. The maximum Gasteiger partial charge on any atom is 0.256 e. The average molecular weight is 500 g/mol. The molecule has 0 spiro atoms. The van der Waals surface area contributed by atoms with Crippen LogP contribution in [0.15, 0.2) is 46.7 Å². The van der Waals surface area contributed by atoms with Gasteiger partial charge in [0.05, 0.1) is 10.4 Å². The van der Waals surface area contributed by atoms with E-state index >= 15 is 0 Å². The van der Waals surface area contributed by atoms with Gasteiger partial charge in [-0.2, -0.15) is 4.31 Å². The van der Waals surface area contributed by atoms with E-state index in [1.165, 1.54) is 29.6 Å². The van der Waals surface area contributed by atoms with Crippen LogP contribution >= 0.6 is 0 Å². The molecule has 1 saturated heterocycles. The predicted octanol–water partition coefficient (Wildman–Crippen LogP) is 4.59. The van der Waals surface area contributed by atoms with E-state index in [9.17, 15) is 18.0 Å². The van der Waals surface area contributed by atoms with Gasteiger partial charge in [0.1, 0.15) is 5.56 Å². The van der Waals surface area contributed by atoms with Crippen molar-refractivity contribution >= 4 is 26.8 Å². The molecule has 4 rings (SSSR count). The molecule has 1 amide bonds. The van der Waals surface area contributed by atoms with Crippen LogP contribution in [-0.4, -0.2) is 42.3 Å². The Hall–Kier alpha value is -2.45. The smallest absolute Gasteiger partial charge is 0.256 e. The first kappa shape index (κ1) is 25.6. The number of nitrogens with one attached hydrogen (secondary N) is 1. The molecule has 0 unspecified atom stereocenters. The van der Waals surface area contributed by atoms with Crippen LogP contribution in [0.1, 0.15) is 81.0 Å². The Morgan fingerprint density at radius 2 is 1.63 bits per heavy atom. The molecule has 1 saturated carbocycles. The standard InChI is InChI=1S/C27H37N3O4S/c1-2-16-29-20-24(27(32)28-21-12-8-4-3-5-9-13-21)26(31)23-19-22(14-15-25(23)29)35(33,34)30-17-10-6-7-11-18-30/h2,14-15,19-21H,1,3-13,16-18H2,(H,28,32). The second kappa shape index (κ2) is 11.5. The van der Waals surface area contributed by atoms with Crippen molar-refractivity contribution in [1.29, 1.82) is 0 Å². The fourth-order valence-electron chi connectivity index (χ4n) is 5.28. The van der Waals surface area contributed by atoms with Gasteiger partial charge in [-0.1, -0.05) is 51.0 Å². The van der Waals surface area contributed by atoms with E-state index in [2.05, 4.69) is 11.9 Å². The highest BCUT2D eigenvalue weighted by molar-refractivity contribution is 7.89. The highest BCUT2D eigenvalue weighted by Crippen LogP contribution is 2.24. The van der Waals surface area contributed by atoms with Crippen molar-refractivity contribution < 1.29 is 13.2 Å². The van der Waals surface area contributed by atoms with Crippen molar-refractivity contribution in [2.75, 3.05) is 13.1 Å². The number of pyridine rings is 1. The van der Waals surface area contributed by atoms with Crippen molar-refractivity contribution in [1.82, 2.24) is 14.2 Å². The first-order valence-corrected chi connectivity index (χ1v) is 14.4. The number of carbonyl (C=O) groups excluding carboxylic acids is 1. The highest BCUT2D eigenvalue weighted by atomic mass is 32.2. The number of nitrogens with zero attached hydrogens (tertiary/aromatic N) is 2. The van der Waals surface area contributed by atoms with Crippen LogP contribution in [0.3, 0.4) is 0 Å². The third-order valence-electron chi connectivity index (χ3n) is 7.27. The highest BCUT2D eigenvalue weighted by Gasteiger charge is 2.27. The maximum atomic E-state index is 13.5. The average Bonchev–Trinajstić information content (AvgIpc) is 3.12. The van der Waals surface area contributed by atoms with Gasteiger partial charge in [-0.15, -0.1) is 6.58 Å². The molecule has 0 bridgehead atoms. The second-order valence-electron chi connectivity index (χ2n) is 9.83. The second-order valence-corrected chi connectivity index (χ2v) is 11.8. The van der Waals surface area contributed by atoms with Crippen LogP contribution in [0.5, 0.6) is 0 Å². The van der Waals surface area contributed by atoms with Crippen molar-refractivity contribution in [3.63, 3.8) is 0 Å². The number of hydrogen-bond donors (Lipinski definition) is 1. The minimum absolute atomic E-state index is 0.0470. The summed E-state index contributed by atoms with van der Waals surface area (Å²) in [5, 5.41) is 3.32. The Morgan fingerprint density at radius 3 is 2.29 bits per heavy atom. The van der Waals surface area contributed by atoms with Crippen molar-refractivity contribution in [3.05, 3.63) is 52.8 Å². The first-order chi connectivity index (χ1) is 16.9. The molecule has 2 heterocycles. The van der Waals surface area contributed by atoms with Crippen molar-refractivity contribution in [3.8, 4) is 0 Å². The number of benzene rings is 1. The van der Waals surface area contributed by atoms with Gasteiger partial charge in [-0.25, -0.2) is 8.42 Å². The predicted molar refractivity (Wildman–Crippen MR) is 139 cm³/mol. The van der Waals surface area contributed by atoms with Crippen LogP contribution in [0.25, 0.3) is 10.9 Å². The van der Waals surface area contributed by atoms with Gasteiger partial charge in [0.15, 0.2) is 0 Å². The topological polar surface area (TPSA) is 88.5 Å². The summed E-state index contributed by atoms with van der Waals surface area (Å²) in [5.74, 6) is -0.388. The number of fused-ring (bicyclic) bond motifs is 1. The Morgan fingerprint density at radius 1 is 1.00 bits per heavy atom. The van der Waals surface area contributed by atoms with E-state index in [-0.39, 0.29) is 27.8 Å². The molecule has 1 aromatic carbocycles. The van der Waals surface area contributed by atoms with Gasteiger partial charge >= 0.3 is 0 Å². The number of allylic oxidation sites excluding steroid dienone is 1. The van der Waals surface area contributed by atoms with E-state index in [1.807, 2.05) is 0 Å². The summed E-state index contributed by atoms with van der Waals surface area (Å²) in [6.07, 6.45) is 14.5. The van der Waals surface area contributed by atoms with E-state index in [0.29, 0.717) is 25.2 Å². The molecule has 1 aliphatic heterocycles. The van der Waals surface area contributed by atoms with Crippen LogP contribution < -0.4 is 10.7 Å². The lowest BCUT2D eigenvalue weighted by molar-refractivity contribution is 0.0929. The van der Waals surface area contributed by atoms with Gasteiger partial charge in [0.25, 0.3) is 5.91 Å². The van der Waals surface area contributed by atoms with Crippen LogP contribution in [0.2, 0.25) is 0 Å². The van der Waals surface area contributed by atoms with E-state index in [1.54, 1.807) is 29.0 Å². The summed E-state index contributed by atoms with van der Waals surface area (Å²) in [5.41, 5.74) is 0.203. The molecule has 1 N–H and O–H groups in total. The molecule has 2 aromatic rings. The van der Waals surface area contributed by atoms with Crippen molar-refractivity contribution in [2.24, 2.45) is 0 Å². The van der Waals surface area contributed by atoms with Gasteiger partial charge in [-0.05, 0) is 43.9 Å². The number of carbonyl (C=O) groups is 1. The summed E-state index contributed by atoms with van der Waals surface area (Å²) < 4.78 is 30.1. The van der Waals surface area contributed by atoms with Crippen LogP contribution in [-0.2, 0) is 16.6 Å². The monoisotopic (exact) mass is 499 g/mol. The fourth-order valence-corrected chi connectivity index (χ4v) is 6.83.